The third-order valence-corrected chi connectivity index (χ3v) is 4.47. The Kier molecular flexibility index (Phi) is 9.93. The minimum absolute atomic E-state index is 0.148. The average Bonchev–Trinajstić information content (AvgIpc) is 2.85. The van der Waals surface area contributed by atoms with Gasteiger partial charge in [-0.05, 0) is 19.3 Å². The molecule has 1 rings (SSSR count). The highest BCUT2D eigenvalue weighted by molar-refractivity contribution is 7.81. The number of nitrogens with zero attached hydrogens (tertiary/aromatic N) is 1. The zero-order valence-electron chi connectivity index (χ0n) is 15.0. The van der Waals surface area contributed by atoms with Gasteiger partial charge < -0.3 is 15.4 Å². The number of nitrogens with one attached hydrogen (secondary N) is 2. The van der Waals surface area contributed by atoms with Crippen molar-refractivity contribution in [1.82, 2.24) is 15.5 Å². The molecule has 4 amide bonds. The third kappa shape index (κ3) is 7.55. The van der Waals surface area contributed by atoms with E-state index in [1.165, 1.54) is 4.90 Å². The standard InChI is InChI=1S/C17H27N3O5S/c1-2-6-12(11-21)19-15(23)10-18-14(22)7-4-3-5-8-20-16(24)9-13(26)17(20)25/h11-13,26H,2-10H2,1H3,(H,18,22)(H,19,23). The number of unbranched alkanes of at least 4 members (excludes halogenated alkanes) is 2. The van der Waals surface area contributed by atoms with Crippen LogP contribution in [0.15, 0.2) is 0 Å². The van der Waals surface area contributed by atoms with Crippen LogP contribution >= 0.6 is 12.6 Å². The van der Waals surface area contributed by atoms with Gasteiger partial charge >= 0.3 is 0 Å². The molecule has 146 valence electrons. The molecule has 0 spiro atoms. The van der Waals surface area contributed by atoms with Crippen LogP contribution in [0.3, 0.4) is 0 Å². The molecule has 2 atom stereocenters. The molecule has 8 nitrogen and oxygen atoms in total. The Morgan fingerprint density at radius 2 is 2.00 bits per heavy atom. The first-order valence-electron chi connectivity index (χ1n) is 8.92. The molecule has 9 heteroatoms. The number of likely N-dealkylation sites (tertiary alicyclic amines) is 1. The molecule has 1 saturated heterocycles. The van der Waals surface area contributed by atoms with Crippen molar-refractivity contribution in [2.45, 2.75) is 63.2 Å². The summed E-state index contributed by atoms with van der Waals surface area (Å²) >= 11 is 4.06. The van der Waals surface area contributed by atoms with E-state index in [1.807, 2.05) is 6.92 Å². The largest absolute Gasteiger partial charge is 0.347 e. The van der Waals surface area contributed by atoms with Crippen molar-refractivity contribution in [3.05, 3.63) is 0 Å². The van der Waals surface area contributed by atoms with Crippen LogP contribution in [0.2, 0.25) is 0 Å². The number of amides is 4. The lowest BCUT2D eigenvalue weighted by atomic mass is 10.2. The topological polar surface area (TPSA) is 113 Å². The molecular formula is C17H27N3O5S. The van der Waals surface area contributed by atoms with Crippen LogP contribution in [0.1, 0.15) is 51.9 Å². The summed E-state index contributed by atoms with van der Waals surface area (Å²) < 4.78 is 0. The van der Waals surface area contributed by atoms with E-state index in [2.05, 4.69) is 23.3 Å². The molecule has 1 heterocycles. The van der Waals surface area contributed by atoms with Crippen LogP contribution in [0.25, 0.3) is 0 Å². The predicted molar refractivity (Wildman–Crippen MR) is 98.5 cm³/mol. The van der Waals surface area contributed by atoms with Crippen LogP contribution in [-0.4, -0.2) is 59.2 Å². The maximum atomic E-state index is 11.7. The van der Waals surface area contributed by atoms with Gasteiger partial charge in [-0.2, -0.15) is 12.6 Å². The Balaban J connectivity index is 2.11. The van der Waals surface area contributed by atoms with Gasteiger partial charge in [0.25, 0.3) is 0 Å². The van der Waals surface area contributed by atoms with Gasteiger partial charge in [0.2, 0.25) is 23.6 Å². The Hall–Kier alpha value is -1.90. The molecule has 1 aliphatic rings. The molecule has 0 aromatic heterocycles. The third-order valence-electron chi connectivity index (χ3n) is 4.06. The summed E-state index contributed by atoms with van der Waals surface area (Å²) in [6.45, 7) is 2.10. The molecule has 0 aliphatic carbocycles. The summed E-state index contributed by atoms with van der Waals surface area (Å²) in [5.41, 5.74) is 0. The predicted octanol–water partition coefficient (Wildman–Crippen LogP) is 0.204. The maximum absolute atomic E-state index is 11.7. The maximum Gasteiger partial charge on any atom is 0.242 e. The Morgan fingerprint density at radius 3 is 2.58 bits per heavy atom. The van der Waals surface area contributed by atoms with E-state index < -0.39 is 17.2 Å². The Bertz CT molecular complexity index is 540. The summed E-state index contributed by atoms with van der Waals surface area (Å²) in [6, 6.07) is -0.516. The second-order valence-electron chi connectivity index (χ2n) is 6.29. The molecular weight excluding hydrogens is 358 g/mol. The van der Waals surface area contributed by atoms with Crippen molar-refractivity contribution in [2.24, 2.45) is 0 Å². The normalized spacial score (nSPS) is 17.9. The molecule has 0 aromatic carbocycles. The van der Waals surface area contributed by atoms with Gasteiger partial charge in [0, 0.05) is 19.4 Å². The number of hydrogen-bond donors (Lipinski definition) is 3. The number of carbonyl (C=O) groups excluding carboxylic acids is 5. The van der Waals surface area contributed by atoms with Gasteiger partial charge in [0.15, 0.2) is 0 Å². The SMILES string of the molecule is CCCC(C=O)NC(=O)CNC(=O)CCCCCN1C(=O)CC(S)C1=O. The quantitative estimate of drug-likeness (QED) is 0.192. The fourth-order valence-electron chi connectivity index (χ4n) is 2.64. The molecule has 1 aliphatic heterocycles. The van der Waals surface area contributed by atoms with E-state index in [1.54, 1.807) is 0 Å². The van der Waals surface area contributed by atoms with E-state index >= 15 is 0 Å². The van der Waals surface area contributed by atoms with Crippen LogP contribution in [-0.2, 0) is 24.0 Å². The zero-order valence-corrected chi connectivity index (χ0v) is 15.9. The second kappa shape index (κ2) is 11.7. The molecule has 0 radical (unpaired) electrons. The Labute approximate surface area is 158 Å². The molecule has 1 fully saturated rings. The lowest BCUT2D eigenvalue weighted by Gasteiger charge is -2.13. The highest BCUT2D eigenvalue weighted by Crippen LogP contribution is 2.18. The summed E-state index contributed by atoms with van der Waals surface area (Å²) in [5.74, 6) is -1.09. The van der Waals surface area contributed by atoms with Crippen molar-refractivity contribution in [1.29, 1.82) is 0 Å². The van der Waals surface area contributed by atoms with Gasteiger partial charge in [0.05, 0.1) is 17.8 Å². The van der Waals surface area contributed by atoms with Gasteiger partial charge in [-0.25, -0.2) is 0 Å². The van der Waals surface area contributed by atoms with Crippen LogP contribution in [0.4, 0.5) is 0 Å². The smallest absolute Gasteiger partial charge is 0.242 e. The summed E-state index contributed by atoms with van der Waals surface area (Å²) in [6.07, 6.45) is 4.36. The van der Waals surface area contributed by atoms with E-state index in [0.29, 0.717) is 38.5 Å². The van der Waals surface area contributed by atoms with E-state index in [-0.39, 0.29) is 37.1 Å². The number of thiol groups is 1. The summed E-state index contributed by atoms with van der Waals surface area (Å²) in [7, 11) is 0. The first-order chi connectivity index (χ1) is 12.4. The average molecular weight is 385 g/mol. The number of hydrogen-bond acceptors (Lipinski definition) is 6. The summed E-state index contributed by atoms with van der Waals surface area (Å²) in [5, 5.41) is 4.52. The fraction of sp³-hybridized carbons (Fsp3) is 0.706. The first-order valence-corrected chi connectivity index (χ1v) is 9.44. The van der Waals surface area contributed by atoms with Crippen molar-refractivity contribution in [3.63, 3.8) is 0 Å². The minimum atomic E-state index is -0.532. The van der Waals surface area contributed by atoms with Gasteiger partial charge in [-0.15, -0.1) is 0 Å². The molecule has 0 bridgehead atoms. The number of aldehydes is 1. The number of imide groups is 1. The van der Waals surface area contributed by atoms with Crippen LogP contribution < -0.4 is 10.6 Å². The minimum Gasteiger partial charge on any atom is -0.347 e. The zero-order chi connectivity index (χ0) is 19.5. The molecule has 0 aromatic rings. The van der Waals surface area contributed by atoms with E-state index in [9.17, 15) is 24.0 Å². The molecule has 2 unspecified atom stereocenters. The highest BCUT2D eigenvalue weighted by Gasteiger charge is 2.35. The van der Waals surface area contributed by atoms with Gasteiger partial charge in [-0.1, -0.05) is 19.8 Å². The van der Waals surface area contributed by atoms with Crippen molar-refractivity contribution in [2.75, 3.05) is 13.1 Å². The summed E-state index contributed by atoms with van der Waals surface area (Å²) in [4.78, 5) is 58.6. The first kappa shape index (κ1) is 22.1. The number of carbonyl (C=O) groups is 5. The van der Waals surface area contributed by atoms with Crippen molar-refractivity contribution >= 4 is 42.5 Å². The lowest BCUT2D eigenvalue weighted by Crippen LogP contribution is -2.42. The monoisotopic (exact) mass is 385 g/mol. The highest BCUT2D eigenvalue weighted by atomic mass is 32.1. The van der Waals surface area contributed by atoms with Crippen molar-refractivity contribution in [3.8, 4) is 0 Å². The van der Waals surface area contributed by atoms with Gasteiger partial charge in [-0.3, -0.25) is 24.1 Å². The van der Waals surface area contributed by atoms with Gasteiger partial charge in [0.1, 0.15) is 6.29 Å². The van der Waals surface area contributed by atoms with E-state index in [0.717, 1.165) is 6.42 Å². The number of rotatable bonds is 12. The molecule has 26 heavy (non-hydrogen) atoms. The van der Waals surface area contributed by atoms with Crippen molar-refractivity contribution < 1.29 is 24.0 Å². The van der Waals surface area contributed by atoms with Crippen LogP contribution in [0, 0.1) is 0 Å². The molecule has 2 N–H and O–H groups in total. The Morgan fingerprint density at radius 1 is 1.27 bits per heavy atom. The second-order valence-corrected chi connectivity index (χ2v) is 6.91. The lowest BCUT2D eigenvalue weighted by molar-refractivity contribution is -0.138. The molecule has 0 saturated carbocycles. The van der Waals surface area contributed by atoms with E-state index in [4.69, 9.17) is 0 Å². The van der Waals surface area contributed by atoms with Crippen LogP contribution in [0.5, 0.6) is 0 Å². The fourth-order valence-corrected chi connectivity index (χ4v) is 2.94.